The third-order valence-electron chi connectivity index (χ3n) is 13.7. The van der Waals surface area contributed by atoms with E-state index >= 15 is 0 Å². The maximum Gasteiger partial charge on any atom is 0.245 e. The van der Waals surface area contributed by atoms with E-state index < -0.39 is 139 Å². The second-order valence-corrected chi connectivity index (χ2v) is 21.5. The highest BCUT2D eigenvalue weighted by molar-refractivity contribution is 5.98. The third kappa shape index (κ3) is 28.5. The number of rotatable bonds is 30. The molecule has 29 heteroatoms. The molecule has 474 valence electrons. The van der Waals surface area contributed by atoms with Gasteiger partial charge in [-0.1, -0.05) is 83.2 Å². The summed E-state index contributed by atoms with van der Waals surface area (Å²) in [6.07, 6.45) is 1.20. The van der Waals surface area contributed by atoms with Crippen LogP contribution in [0.3, 0.4) is 0 Å². The summed E-state index contributed by atoms with van der Waals surface area (Å²) in [5.41, 5.74) is 35.2. The van der Waals surface area contributed by atoms with E-state index in [1.54, 1.807) is 44.2 Å². The molecule has 1 fully saturated rings. The number of hydrogen-bond acceptors (Lipinski definition) is 17. The van der Waals surface area contributed by atoms with E-state index in [9.17, 15) is 58.2 Å². The van der Waals surface area contributed by atoms with Gasteiger partial charge in [-0.3, -0.25) is 52.9 Å². The van der Waals surface area contributed by atoms with E-state index in [-0.39, 0.29) is 96.0 Å². The number of aliphatic hydroxyl groups is 2. The zero-order chi connectivity index (χ0) is 62.7. The number of benzene rings is 1. The van der Waals surface area contributed by atoms with Gasteiger partial charge in [0.25, 0.3) is 0 Å². The van der Waals surface area contributed by atoms with Crippen LogP contribution in [-0.4, -0.2) is 181 Å². The van der Waals surface area contributed by atoms with Gasteiger partial charge >= 0.3 is 0 Å². The van der Waals surface area contributed by atoms with Crippen LogP contribution in [0.5, 0.6) is 0 Å². The molecule has 1 aliphatic heterocycles. The highest BCUT2D eigenvalue weighted by Crippen LogP contribution is 2.13. The Morgan fingerprint density at radius 3 is 1.80 bits per heavy atom. The number of carbonyl (C=O) groups excluding carboxylic acids is 10. The highest BCUT2D eigenvalue weighted by Gasteiger charge is 2.36. The maximum atomic E-state index is 14.8. The first-order valence-corrected chi connectivity index (χ1v) is 29.2. The smallest absolute Gasteiger partial charge is 0.245 e. The Kier molecular flexibility index (Phi) is 35.0. The number of guanidine groups is 1. The molecule has 0 spiro atoms. The molecule has 1 heterocycles. The van der Waals surface area contributed by atoms with Gasteiger partial charge in [-0.15, -0.1) is 0 Å². The first kappa shape index (κ1) is 73.1. The molecule has 2 rings (SSSR count). The standard InChI is InChI=1S/C55H97N17O12/c1-5-6-7-8-12-16-35(74)31-44(75)65-37(18-23-56)47(77)68-40-22-28-63-54(84)45(33(4)73)72-51(81)39(20-25-58)66-48(78)38(19-24-57)67-52(82)42(29-32(2)3)70-53(83)43(30-34-14-10-9-11-15-34)71-50(80)41(69-49(40)79)21-27-62-46(76)36(59)17-13-26-64-55(60)61/h9-11,14-15,32-33,35-43,45,73-74H,5-8,12-13,16-31,56-59H2,1-4H3,(H,62,76)(H,63,84)(H,65,75)(H,66,78)(H,67,82)(H,68,77)(H,69,79)(H,70,83)(H,71,80)(H,72,81)(H4,60,61,64)/t33-,35-,36+,37-,38+,39+,40+,41+,42+,43-,45+/m1/s1. The molecule has 0 radical (unpaired) electrons. The van der Waals surface area contributed by atoms with Gasteiger partial charge in [-0.25, -0.2) is 0 Å². The molecule has 11 atom stereocenters. The fourth-order valence-electron chi connectivity index (χ4n) is 9.02. The molecular formula is C55H97N17O12. The summed E-state index contributed by atoms with van der Waals surface area (Å²) in [5, 5.41) is 47.5. The van der Waals surface area contributed by atoms with Crippen LogP contribution in [0.2, 0.25) is 0 Å². The Labute approximate surface area is 492 Å². The predicted molar refractivity (Wildman–Crippen MR) is 315 cm³/mol. The van der Waals surface area contributed by atoms with E-state index in [0.717, 1.165) is 25.7 Å². The number of carbonyl (C=O) groups is 10. The van der Waals surface area contributed by atoms with E-state index in [1.165, 1.54) is 6.92 Å². The van der Waals surface area contributed by atoms with Crippen LogP contribution in [-0.2, 0) is 54.4 Å². The second kappa shape index (κ2) is 40.3. The SMILES string of the molecule is CCCCCCC[C@@H](O)CC(=O)N[C@H](CCN)C(=O)N[C@H]1CCNC(=O)[C@H]([C@@H](C)O)NC(=O)[C@H](CCN)NC(=O)[C@H](CCN)NC(=O)[C@H](CC(C)C)NC(=O)[C@@H](Cc2ccccc2)NC(=O)[C@H](CCNC(=O)[C@@H](N)CCCN=C(N)N)NC1=O. The molecule has 0 saturated carbocycles. The van der Waals surface area contributed by atoms with Gasteiger partial charge in [0.1, 0.15) is 48.3 Å². The molecule has 0 aliphatic carbocycles. The molecule has 1 aromatic rings. The lowest BCUT2D eigenvalue weighted by atomic mass is 10.00. The molecule has 0 aromatic heterocycles. The topological polar surface area (TPSA) is 500 Å². The third-order valence-corrected chi connectivity index (χ3v) is 13.7. The van der Waals surface area contributed by atoms with Crippen LogP contribution >= 0.6 is 0 Å². The van der Waals surface area contributed by atoms with Crippen LogP contribution < -0.4 is 87.6 Å². The number of aliphatic imine (C=N–C) groups is 1. The van der Waals surface area contributed by atoms with Crippen molar-refractivity contribution in [1.29, 1.82) is 0 Å². The predicted octanol–water partition coefficient (Wildman–Crippen LogP) is -4.90. The molecule has 29 nitrogen and oxygen atoms in total. The van der Waals surface area contributed by atoms with Gasteiger partial charge in [0, 0.05) is 26.1 Å². The molecule has 1 aromatic carbocycles. The number of amides is 10. The van der Waals surface area contributed by atoms with Crippen LogP contribution in [0, 0.1) is 5.92 Å². The van der Waals surface area contributed by atoms with Gasteiger partial charge in [0.05, 0.1) is 24.7 Å². The highest BCUT2D eigenvalue weighted by atomic mass is 16.3. The van der Waals surface area contributed by atoms with Crippen LogP contribution in [0.4, 0.5) is 0 Å². The lowest BCUT2D eigenvalue weighted by Crippen LogP contribution is -2.61. The Morgan fingerprint density at radius 2 is 1.21 bits per heavy atom. The number of unbranched alkanes of at least 4 members (excludes halogenated alkanes) is 4. The van der Waals surface area contributed by atoms with E-state index in [0.29, 0.717) is 24.8 Å². The first-order valence-electron chi connectivity index (χ1n) is 29.2. The molecule has 1 saturated heterocycles. The quantitative estimate of drug-likeness (QED) is 0.0195. The summed E-state index contributed by atoms with van der Waals surface area (Å²) >= 11 is 0. The van der Waals surface area contributed by atoms with E-state index in [1.807, 2.05) is 0 Å². The van der Waals surface area contributed by atoms with Crippen molar-refractivity contribution >= 4 is 65.0 Å². The Hall–Kier alpha value is -7.05. The summed E-state index contributed by atoms with van der Waals surface area (Å²) in [5.74, 6) is -9.02. The van der Waals surface area contributed by atoms with Crippen LogP contribution in [0.25, 0.3) is 0 Å². The Balaban J connectivity index is 2.80. The summed E-state index contributed by atoms with van der Waals surface area (Å²) in [6.45, 7) is 5.95. The molecule has 10 amide bonds. The van der Waals surface area contributed by atoms with Crippen molar-refractivity contribution in [3.8, 4) is 0 Å². The van der Waals surface area contributed by atoms with Gasteiger partial charge in [-0.2, -0.15) is 0 Å². The minimum absolute atomic E-state index is 0.0282. The average Bonchev–Trinajstić information content (AvgIpc) is 3.62. The number of nitrogens with two attached hydrogens (primary N) is 6. The van der Waals surface area contributed by atoms with E-state index in [2.05, 4.69) is 65.1 Å². The van der Waals surface area contributed by atoms with Gasteiger partial charge in [0.2, 0.25) is 59.1 Å². The van der Waals surface area contributed by atoms with Crippen molar-refractivity contribution in [2.75, 3.05) is 39.3 Å². The van der Waals surface area contributed by atoms with Crippen LogP contribution in [0.15, 0.2) is 35.3 Å². The Bertz CT molecular complexity index is 2280. The zero-order valence-electron chi connectivity index (χ0n) is 49.3. The van der Waals surface area contributed by atoms with E-state index in [4.69, 9.17) is 34.4 Å². The minimum atomic E-state index is -1.67. The molecule has 1 aliphatic rings. The summed E-state index contributed by atoms with van der Waals surface area (Å²) in [4.78, 5) is 145. The van der Waals surface area contributed by atoms with Crippen molar-refractivity contribution in [3.63, 3.8) is 0 Å². The van der Waals surface area contributed by atoms with Crippen molar-refractivity contribution in [2.45, 2.75) is 197 Å². The monoisotopic (exact) mass is 1190 g/mol. The Morgan fingerprint density at radius 1 is 0.655 bits per heavy atom. The van der Waals surface area contributed by atoms with Crippen molar-refractivity contribution < 1.29 is 58.2 Å². The minimum Gasteiger partial charge on any atom is -0.393 e. The lowest BCUT2D eigenvalue weighted by molar-refractivity contribution is -0.136. The first-order chi connectivity index (χ1) is 39.9. The lowest BCUT2D eigenvalue weighted by Gasteiger charge is -2.28. The van der Waals surface area contributed by atoms with Crippen molar-refractivity contribution in [3.05, 3.63) is 35.9 Å². The summed E-state index contributed by atoms with van der Waals surface area (Å²) in [6, 6.07) is -4.34. The zero-order valence-corrected chi connectivity index (χ0v) is 49.3. The molecule has 84 heavy (non-hydrogen) atoms. The molecule has 0 unspecified atom stereocenters. The second-order valence-electron chi connectivity index (χ2n) is 21.5. The summed E-state index contributed by atoms with van der Waals surface area (Å²) < 4.78 is 0. The average molecular weight is 1190 g/mol. The fourth-order valence-corrected chi connectivity index (χ4v) is 9.02. The van der Waals surface area contributed by atoms with Gasteiger partial charge in [-0.05, 0) is 95.8 Å². The largest absolute Gasteiger partial charge is 0.393 e. The maximum absolute atomic E-state index is 14.8. The molecule has 24 N–H and O–H groups in total. The summed E-state index contributed by atoms with van der Waals surface area (Å²) in [7, 11) is 0. The van der Waals surface area contributed by atoms with Gasteiger partial charge in [0.15, 0.2) is 5.96 Å². The van der Waals surface area contributed by atoms with Gasteiger partial charge < -0.3 is 97.8 Å². The number of hydrogen-bond donors (Lipinski definition) is 18. The number of nitrogens with one attached hydrogen (secondary N) is 10. The van der Waals surface area contributed by atoms with Crippen molar-refractivity contribution in [2.24, 2.45) is 45.3 Å². The molecule has 0 bridgehead atoms. The number of nitrogens with zero attached hydrogens (tertiary/aromatic N) is 1. The number of aliphatic hydroxyl groups excluding tert-OH is 2. The van der Waals surface area contributed by atoms with Crippen LogP contribution in [0.1, 0.15) is 130 Å². The fraction of sp³-hybridized carbons (Fsp3) is 0.691. The van der Waals surface area contributed by atoms with Crippen molar-refractivity contribution in [1.82, 2.24) is 53.2 Å². The molecular weight excluding hydrogens is 1090 g/mol. The normalized spacial score (nSPS) is 22.2.